The van der Waals surface area contributed by atoms with Crippen LogP contribution in [0.25, 0.3) is 0 Å². The minimum atomic E-state index is -0.827. The van der Waals surface area contributed by atoms with E-state index in [1.54, 1.807) is 6.92 Å². The summed E-state index contributed by atoms with van der Waals surface area (Å²) in [6.45, 7) is 1.75. The van der Waals surface area contributed by atoms with Crippen molar-refractivity contribution in [3.05, 3.63) is 17.0 Å². The molecule has 1 aliphatic carbocycles. The molecule has 0 aliphatic heterocycles. The van der Waals surface area contributed by atoms with Crippen molar-refractivity contribution in [3.8, 4) is 0 Å². The lowest BCUT2D eigenvalue weighted by Crippen LogP contribution is -2.20. The van der Waals surface area contributed by atoms with Crippen molar-refractivity contribution in [3.63, 3.8) is 0 Å². The number of hydrogen-bond acceptors (Lipinski definition) is 4. The minimum Gasteiger partial charge on any atom is -0.481 e. The zero-order chi connectivity index (χ0) is 11.7. The topological polar surface area (TPSA) is 80.4 Å². The van der Waals surface area contributed by atoms with Gasteiger partial charge in [-0.2, -0.15) is 0 Å². The molecule has 5 nitrogen and oxygen atoms in total. The average Bonchev–Trinajstić information content (AvgIpc) is 2.58. The van der Waals surface area contributed by atoms with Gasteiger partial charge < -0.3 is 9.63 Å². The van der Waals surface area contributed by atoms with Gasteiger partial charge in [-0.15, -0.1) is 0 Å². The minimum absolute atomic E-state index is 0.0235. The fourth-order valence-electron chi connectivity index (χ4n) is 2.14. The molecule has 0 spiro atoms. The molecule has 0 aromatic carbocycles. The number of rotatable bonds is 3. The first-order chi connectivity index (χ1) is 7.58. The third kappa shape index (κ3) is 1.98. The van der Waals surface area contributed by atoms with Crippen molar-refractivity contribution in [2.45, 2.75) is 32.6 Å². The Hall–Kier alpha value is -1.65. The van der Waals surface area contributed by atoms with Crippen LogP contribution < -0.4 is 0 Å². The Morgan fingerprint density at radius 1 is 1.56 bits per heavy atom. The number of hydrogen-bond donors (Lipinski definition) is 1. The van der Waals surface area contributed by atoms with Gasteiger partial charge in [-0.1, -0.05) is 5.16 Å². The van der Waals surface area contributed by atoms with E-state index in [1.807, 2.05) is 0 Å². The van der Waals surface area contributed by atoms with Crippen LogP contribution in [0.4, 0.5) is 0 Å². The maximum Gasteiger partial charge on any atom is 0.303 e. The Bertz CT molecular complexity index is 435. The van der Waals surface area contributed by atoms with Crippen LogP contribution in [0.2, 0.25) is 0 Å². The summed E-state index contributed by atoms with van der Waals surface area (Å²) in [4.78, 5) is 22.2. The molecule has 1 atom stereocenters. The van der Waals surface area contributed by atoms with E-state index in [9.17, 15) is 9.59 Å². The van der Waals surface area contributed by atoms with Gasteiger partial charge in [0.1, 0.15) is 5.76 Å². The second-order valence-electron chi connectivity index (χ2n) is 4.20. The standard InChI is InChI=1S/C11H13NO4/c1-6-11-8(13)4-7(2-3-10(14)15)5-9(11)16-12-6/h7H,2-5H2,1H3,(H,14,15). The predicted octanol–water partition coefficient (Wildman–Crippen LogP) is 1.59. The van der Waals surface area contributed by atoms with Crippen molar-refractivity contribution >= 4 is 11.8 Å². The van der Waals surface area contributed by atoms with Crippen LogP contribution in [0.3, 0.4) is 0 Å². The van der Waals surface area contributed by atoms with Crippen molar-refractivity contribution in [1.29, 1.82) is 0 Å². The summed E-state index contributed by atoms with van der Waals surface area (Å²) >= 11 is 0. The fourth-order valence-corrected chi connectivity index (χ4v) is 2.14. The van der Waals surface area contributed by atoms with E-state index in [-0.39, 0.29) is 18.1 Å². The van der Waals surface area contributed by atoms with Gasteiger partial charge >= 0.3 is 5.97 Å². The fraction of sp³-hybridized carbons (Fsp3) is 0.545. The monoisotopic (exact) mass is 223 g/mol. The third-order valence-electron chi connectivity index (χ3n) is 2.93. The Morgan fingerprint density at radius 2 is 2.31 bits per heavy atom. The van der Waals surface area contributed by atoms with E-state index >= 15 is 0 Å². The number of carboxylic acid groups (broad SMARTS) is 1. The Balaban J connectivity index is 2.10. The van der Waals surface area contributed by atoms with E-state index in [2.05, 4.69) is 5.16 Å². The molecule has 1 aromatic rings. The molecule has 1 aromatic heterocycles. The van der Waals surface area contributed by atoms with Crippen molar-refractivity contribution in [2.75, 3.05) is 0 Å². The highest BCUT2D eigenvalue weighted by Gasteiger charge is 2.30. The molecule has 0 bridgehead atoms. The van der Waals surface area contributed by atoms with Gasteiger partial charge in [-0.3, -0.25) is 9.59 Å². The van der Waals surface area contributed by atoms with E-state index in [0.717, 1.165) is 0 Å². The van der Waals surface area contributed by atoms with Crippen LogP contribution in [0, 0.1) is 12.8 Å². The molecule has 1 aliphatic rings. The smallest absolute Gasteiger partial charge is 0.303 e. The molecule has 0 saturated carbocycles. The van der Waals surface area contributed by atoms with Gasteiger partial charge in [0, 0.05) is 19.3 Å². The van der Waals surface area contributed by atoms with E-state index in [1.165, 1.54) is 0 Å². The SMILES string of the molecule is Cc1noc2c1C(=O)CC(CCC(=O)O)C2. The van der Waals surface area contributed by atoms with Gasteiger partial charge in [0.2, 0.25) is 0 Å². The molecule has 5 heteroatoms. The summed E-state index contributed by atoms with van der Waals surface area (Å²) in [5.41, 5.74) is 1.24. The number of carbonyl (C=O) groups is 2. The van der Waals surface area contributed by atoms with Crippen LogP contribution in [0.1, 0.15) is 41.1 Å². The maximum atomic E-state index is 11.8. The zero-order valence-corrected chi connectivity index (χ0v) is 9.02. The van der Waals surface area contributed by atoms with Crippen LogP contribution in [-0.2, 0) is 11.2 Å². The summed E-state index contributed by atoms with van der Waals surface area (Å²) in [6, 6.07) is 0. The zero-order valence-electron chi connectivity index (χ0n) is 9.02. The number of aromatic nitrogens is 1. The molecular formula is C11H13NO4. The molecule has 0 fully saturated rings. The largest absolute Gasteiger partial charge is 0.481 e. The Morgan fingerprint density at radius 3 is 3.00 bits per heavy atom. The van der Waals surface area contributed by atoms with Crippen molar-refractivity contribution < 1.29 is 19.2 Å². The average molecular weight is 223 g/mol. The number of nitrogens with zero attached hydrogens (tertiary/aromatic N) is 1. The maximum absolute atomic E-state index is 11.8. The quantitative estimate of drug-likeness (QED) is 0.841. The summed E-state index contributed by atoms with van der Waals surface area (Å²) in [6.07, 6.45) is 1.64. The molecule has 0 amide bonds. The molecule has 1 N–H and O–H groups in total. The molecular weight excluding hydrogens is 210 g/mol. The first kappa shape index (κ1) is 10.9. The van der Waals surface area contributed by atoms with Gasteiger partial charge in [0.05, 0.1) is 11.3 Å². The Labute approximate surface area is 92.4 Å². The first-order valence-electron chi connectivity index (χ1n) is 5.28. The normalized spacial score (nSPS) is 19.6. The molecule has 86 valence electrons. The van der Waals surface area contributed by atoms with Crippen LogP contribution in [0.5, 0.6) is 0 Å². The lowest BCUT2D eigenvalue weighted by molar-refractivity contribution is -0.137. The lowest BCUT2D eigenvalue weighted by atomic mass is 9.84. The number of Topliss-reactive ketones (excluding diaryl/α,β-unsaturated/α-hetero) is 1. The molecule has 1 heterocycles. The van der Waals surface area contributed by atoms with E-state index in [4.69, 9.17) is 9.63 Å². The van der Waals surface area contributed by atoms with Gasteiger partial charge in [0.25, 0.3) is 0 Å². The van der Waals surface area contributed by atoms with Gasteiger partial charge in [-0.05, 0) is 19.3 Å². The molecule has 2 rings (SSSR count). The molecule has 1 unspecified atom stereocenters. The van der Waals surface area contributed by atoms with Crippen LogP contribution >= 0.6 is 0 Å². The number of ketones is 1. The first-order valence-corrected chi connectivity index (χ1v) is 5.28. The molecule has 16 heavy (non-hydrogen) atoms. The highest BCUT2D eigenvalue weighted by atomic mass is 16.5. The highest BCUT2D eigenvalue weighted by Crippen LogP contribution is 2.30. The van der Waals surface area contributed by atoms with Crippen LogP contribution in [0.15, 0.2) is 4.52 Å². The molecule has 0 radical (unpaired) electrons. The van der Waals surface area contributed by atoms with Crippen LogP contribution in [-0.4, -0.2) is 22.0 Å². The number of carboxylic acids is 1. The van der Waals surface area contributed by atoms with E-state index in [0.29, 0.717) is 36.3 Å². The number of aliphatic carboxylic acids is 1. The third-order valence-corrected chi connectivity index (χ3v) is 2.93. The second-order valence-corrected chi connectivity index (χ2v) is 4.20. The van der Waals surface area contributed by atoms with Gasteiger partial charge in [-0.25, -0.2) is 0 Å². The highest BCUT2D eigenvalue weighted by molar-refractivity contribution is 5.99. The summed E-state index contributed by atoms with van der Waals surface area (Å²) in [5, 5.41) is 12.4. The number of aryl methyl sites for hydroxylation is 1. The second kappa shape index (κ2) is 4.08. The summed E-state index contributed by atoms with van der Waals surface area (Å²) in [7, 11) is 0. The summed E-state index contributed by atoms with van der Waals surface area (Å²) in [5.74, 6) is -0.116. The van der Waals surface area contributed by atoms with Gasteiger partial charge in [0.15, 0.2) is 5.78 Å². The van der Waals surface area contributed by atoms with E-state index < -0.39 is 5.97 Å². The lowest BCUT2D eigenvalue weighted by Gasteiger charge is -2.18. The van der Waals surface area contributed by atoms with Crippen molar-refractivity contribution in [2.24, 2.45) is 5.92 Å². The predicted molar refractivity (Wildman–Crippen MR) is 54.3 cm³/mol. The Kier molecular flexibility index (Phi) is 2.77. The number of carbonyl (C=O) groups excluding carboxylic acids is 1. The van der Waals surface area contributed by atoms with Crippen molar-refractivity contribution in [1.82, 2.24) is 5.16 Å². The molecule has 0 saturated heterocycles. The summed E-state index contributed by atoms with van der Waals surface area (Å²) < 4.78 is 5.08. The number of fused-ring (bicyclic) bond motifs is 1.